The largest absolute Gasteiger partial charge is 0.468 e. The van der Waals surface area contributed by atoms with Gasteiger partial charge in [0.1, 0.15) is 13.1 Å². The summed E-state index contributed by atoms with van der Waals surface area (Å²) >= 11 is 0. The lowest BCUT2D eigenvalue weighted by Crippen LogP contribution is -2.45. The third-order valence-electron chi connectivity index (χ3n) is 3.33. The lowest BCUT2D eigenvalue weighted by molar-refractivity contribution is -0.151. The van der Waals surface area contributed by atoms with Crippen LogP contribution in [0.15, 0.2) is 29.2 Å². The minimum Gasteiger partial charge on any atom is -0.468 e. The first kappa shape index (κ1) is 23.4. The van der Waals surface area contributed by atoms with Crippen molar-refractivity contribution in [3.63, 3.8) is 0 Å². The van der Waals surface area contributed by atoms with Crippen LogP contribution in [0, 0.1) is 0 Å². The Bertz CT molecular complexity index is 822. The molecule has 0 spiro atoms. The van der Waals surface area contributed by atoms with Gasteiger partial charge in [0, 0.05) is 0 Å². The fourth-order valence-corrected chi connectivity index (χ4v) is 2.88. The molecule has 1 N–H and O–H groups in total. The number of ether oxygens (including phenoxy) is 2. The lowest BCUT2D eigenvalue weighted by atomic mass is 10.2. The van der Waals surface area contributed by atoms with Crippen molar-refractivity contribution in [2.24, 2.45) is 0 Å². The Labute approximate surface area is 158 Å². The molecule has 0 saturated carbocycles. The van der Waals surface area contributed by atoms with E-state index in [0.29, 0.717) is 17.0 Å². The number of esters is 2. The number of carbonyl (C=O) groups excluding carboxylic acids is 3. The molecule has 0 saturated heterocycles. The molecule has 1 aromatic carbocycles. The second-order valence-corrected chi connectivity index (χ2v) is 7.02. The van der Waals surface area contributed by atoms with Crippen LogP contribution in [0.2, 0.25) is 0 Å². The molecule has 0 unspecified atom stereocenters. The van der Waals surface area contributed by atoms with Crippen molar-refractivity contribution < 1.29 is 45.4 Å². The Balaban J connectivity index is 2.92. The number of nitrogens with zero attached hydrogens (tertiary/aromatic N) is 1. The third kappa shape index (κ3) is 6.81. The number of hydrogen-bond donors (Lipinski definition) is 1. The van der Waals surface area contributed by atoms with Crippen molar-refractivity contribution in [3.8, 4) is 0 Å². The van der Waals surface area contributed by atoms with Gasteiger partial charge in [0.15, 0.2) is 0 Å². The van der Waals surface area contributed by atoms with Gasteiger partial charge in [0.25, 0.3) is 0 Å². The number of methoxy groups -OCH3 is 2. The summed E-state index contributed by atoms with van der Waals surface area (Å²) in [5, 5.41) is 0. The van der Waals surface area contributed by atoms with Gasteiger partial charge in [-0.1, -0.05) is 6.07 Å². The summed E-state index contributed by atoms with van der Waals surface area (Å²) in [5.41, 5.74) is -1.18. The van der Waals surface area contributed by atoms with E-state index < -0.39 is 64.1 Å². The molecule has 1 rings (SSSR count). The number of halogens is 3. The first-order chi connectivity index (χ1) is 12.9. The first-order valence-corrected chi connectivity index (χ1v) is 8.97. The SMILES string of the molecule is COC(=O)CN(CC(=O)OC)C(=O)CNS(=O)(=O)c1cccc(C(F)(F)F)c1. The molecule has 156 valence electrons. The van der Waals surface area contributed by atoms with E-state index in [9.17, 15) is 36.0 Å². The maximum Gasteiger partial charge on any atom is 0.416 e. The predicted octanol–water partition coefficient (Wildman–Crippen LogP) is 0.158. The van der Waals surface area contributed by atoms with E-state index in [1.165, 1.54) is 0 Å². The summed E-state index contributed by atoms with van der Waals surface area (Å²) in [5.74, 6) is -2.75. The average molecular weight is 426 g/mol. The van der Waals surface area contributed by atoms with E-state index in [1.807, 2.05) is 4.72 Å². The van der Waals surface area contributed by atoms with E-state index in [4.69, 9.17) is 0 Å². The summed E-state index contributed by atoms with van der Waals surface area (Å²) in [4.78, 5) is 34.8. The fourth-order valence-electron chi connectivity index (χ4n) is 1.86. The van der Waals surface area contributed by atoms with Gasteiger partial charge in [0.2, 0.25) is 15.9 Å². The van der Waals surface area contributed by atoms with Crippen LogP contribution in [0.1, 0.15) is 5.56 Å². The van der Waals surface area contributed by atoms with Crippen molar-refractivity contribution in [1.82, 2.24) is 9.62 Å². The van der Waals surface area contributed by atoms with Crippen molar-refractivity contribution in [1.29, 1.82) is 0 Å². The molecule has 0 radical (unpaired) electrons. The Morgan fingerprint density at radius 3 is 2.07 bits per heavy atom. The maximum atomic E-state index is 12.7. The lowest BCUT2D eigenvalue weighted by Gasteiger charge is -2.20. The first-order valence-electron chi connectivity index (χ1n) is 7.49. The number of nitrogens with one attached hydrogen (secondary N) is 1. The van der Waals surface area contributed by atoms with Crippen LogP contribution in [0.3, 0.4) is 0 Å². The molecular formula is C15H17F3N2O7S. The van der Waals surface area contributed by atoms with Crippen LogP contribution >= 0.6 is 0 Å². The van der Waals surface area contributed by atoms with Crippen LogP contribution in [0.4, 0.5) is 13.2 Å². The molecule has 0 aliphatic rings. The standard InChI is InChI=1S/C15H17F3N2O7S/c1-26-13(22)8-20(9-14(23)27-2)12(21)7-19-28(24,25)11-5-3-4-10(6-11)15(16,17)18/h3-6,19H,7-9H2,1-2H3. The van der Waals surface area contributed by atoms with Gasteiger partial charge in [-0.3, -0.25) is 14.4 Å². The van der Waals surface area contributed by atoms with E-state index >= 15 is 0 Å². The molecule has 1 amide bonds. The molecular weight excluding hydrogens is 409 g/mol. The fraction of sp³-hybridized carbons (Fsp3) is 0.400. The molecule has 1 aromatic rings. The van der Waals surface area contributed by atoms with Gasteiger partial charge in [-0.05, 0) is 18.2 Å². The van der Waals surface area contributed by atoms with E-state index in [-0.39, 0.29) is 0 Å². The topological polar surface area (TPSA) is 119 Å². The highest BCUT2D eigenvalue weighted by Crippen LogP contribution is 2.30. The second kappa shape index (κ2) is 9.50. The highest BCUT2D eigenvalue weighted by atomic mass is 32.2. The zero-order chi connectivity index (χ0) is 21.5. The van der Waals surface area contributed by atoms with Crippen LogP contribution < -0.4 is 4.72 Å². The molecule has 0 heterocycles. The molecule has 0 fully saturated rings. The number of alkyl halides is 3. The zero-order valence-electron chi connectivity index (χ0n) is 14.8. The zero-order valence-corrected chi connectivity index (χ0v) is 15.6. The number of carbonyl (C=O) groups is 3. The van der Waals surface area contributed by atoms with Crippen molar-refractivity contribution >= 4 is 27.9 Å². The van der Waals surface area contributed by atoms with Crippen LogP contribution in [0.5, 0.6) is 0 Å². The van der Waals surface area contributed by atoms with Crippen molar-refractivity contribution in [2.45, 2.75) is 11.1 Å². The van der Waals surface area contributed by atoms with E-state index in [0.717, 1.165) is 26.4 Å². The minimum atomic E-state index is -4.75. The molecule has 0 aliphatic carbocycles. The summed E-state index contributed by atoms with van der Waals surface area (Å²) in [6.45, 7) is -2.22. The number of sulfonamides is 1. The summed E-state index contributed by atoms with van der Waals surface area (Å²) in [7, 11) is -2.39. The van der Waals surface area contributed by atoms with E-state index in [2.05, 4.69) is 9.47 Å². The summed E-state index contributed by atoms with van der Waals surface area (Å²) in [6.07, 6.45) is -4.75. The van der Waals surface area contributed by atoms with Gasteiger partial charge in [-0.25, -0.2) is 13.1 Å². The monoisotopic (exact) mass is 426 g/mol. The molecule has 0 atom stereocenters. The van der Waals surface area contributed by atoms with Gasteiger partial charge in [-0.2, -0.15) is 13.2 Å². The molecule has 0 bridgehead atoms. The minimum absolute atomic E-state index is 0.410. The Kier molecular flexibility index (Phi) is 7.93. The number of amides is 1. The Morgan fingerprint density at radius 2 is 1.61 bits per heavy atom. The van der Waals surface area contributed by atoms with Crippen LogP contribution in [-0.4, -0.2) is 65.0 Å². The van der Waals surface area contributed by atoms with Gasteiger partial charge in [-0.15, -0.1) is 0 Å². The number of rotatable bonds is 8. The molecule has 0 aliphatic heterocycles. The third-order valence-corrected chi connectivity index (χ3v) is 4.73. The summed E-state index contributed by atoms with van der Waals surface area (Å²) in [6, 6.07) is 2.93. The van der Waals surface area contributed by atoms with E-state index in [1.54, 1.807) is 0 Å². The Morgan fingerprint density at radius 1 is 1.07 bits per heavy atom. The van der Waals surface area contributed by atoms with Gasteiger partial charge in [0.05, 0.1) is 31.2 Å². The molecule has 9 nitrogen and oxygen atoms in total. The van der Waals surface area contributed by atoms with Gasteiger partial charge >= 0.3 is 18.1 Å². The quantitative estimate of drug-likeness (QED) is 0.588. The predicted molar refractivity (Wildman–Crippen MR) is 87.2 cm³/mol. The molecule has 0 aromatic heterocycles. The highest BCUT2D eigenvalue weighted by Gasteiger charge is 2.32. The Hall–Kier alpha value is -2.67. The maximum absolute atomic E-state index is 12.7. The van der Waals surface area contributed by atoms with Crippen LogP contribution in [0.25, 0.3) is 0 Å². The van der Waals surface area contributed by atoms with Crippen molar-refractivity contribution in [2.75, 3.05) is 33.9 Å². The number of hydrogen-bond acceptors (Lipinski definition) is 7. The molecule has 28 heavy (non-hydrogen) atoms. The normalized spacial score (nSPS) is 11.6. The molecule has 13 heteroatoms. The van der Waals surface area contributed by atoms with Crippen molar-refractivity contribution in [3.05, 3.63) is 29.8 Å². The van der Waals surface area contributed by atoms with Crippen LogP contribution in [-0.2, 0) is 40.1 Å². The summed E-state index contributed by atoms with van der Waals surface area (Å²) < 4.78 is 73.1. The smallest absolute Gasteiger partial charge is 0.416 e. The average Bonchev–Trinajstić information content (AvgIpc) is 2.64. The van der Waals surface area contributed by atoms with Gasteiger partial charge < -0.3 is 14.4 Å². The highest BCUT2D eigenvalue weighted by molar-refractivity contribution is 7.89. The number of benzene rings is 1. The second-order valence-electron chi connectivity index (χ2n) is 5.25.